The molecule has 1 aliphatic carbocycles. The fourth-order valence-corrected chi connectivity index (χ4v) is 3.53. The van der Waals surface area contributed by atoms with Crippen LogP contribution < -0.4 is 4.72 Å². The molecule has 1 aromatic rings. The van der Waals surface area contributed by atoms with Gasteiger partial charge in [0, 0.05) is 6.04 Å². The van der Waals surface area contributed by atoms with Gasteiger partial charge < -0.3 is 5.11 Å². The van der Waals surface area contributed by atoms with Crippen LogP contribution in [0.2, 0.25) is 0 Å². The average molecular weight is 305 g/mol. The van der Waals surface area contributed by atoms with E-state index in [-0.39, 0.29) is 11.6 Å². The van der Waals surface area contributed by atoms with Crippen LogP contribution in [0.25, 0.3) is 0 Å². The Kier molecular flexibility index (Phi) is 4.41. The molecule has 0 radical (unpaired) electrons. The highest BCUT2D eigenvalue weighted by Crippen LogP contribution is 2.33. The number of halogens is 2. The minimum atomic E-state index is -4.14. The van der Waals surface area contributed by atoms with E-state index in [9.17, 15) is 17.2 Å². The number of hydrogen-bond donors (Lipinski definition) is 2. The second kappa shape index (κ2) is 5.75. The SMILES string of the molecule is CC(CC1CC1)NS(=O)(=O)c1cc(CO)cc(F)c1F. The lowest BCUT2D eigenvalue weighted by molar-refractivity contribution is 0.280. The first-order chi connectivity index (χ1) is 9.33. The van der Waals surface area contributed by atoms with Gasteiger partial charge in [-0.15, -0.1) is 0 Å². The molecular formula is C13H17F2NO3S. The van der Waals surface area contributed by atoms with Gasteiger partial charge in [-0.05, 0) is 37.0 Å². The normalized spacial score (nSPS) is 17.2. The van der Waals surface area contributed by atoms with E-state index in [0.29, 0.717) is 12.3 Å². The Morgan fingerprint density at radius 2 is 2.05 bits per heavy atom. The predicted octanol–water partition coefficient (Wildman–Crippen LogP) is 1.92. The molecule has 1 saturated carbocycles. The molecule has 1 atom stereocenters. The number of hydrogen-bond acceptors (Lipinski definition) is 3. The van der Waals surface area contributed by atoms with Crippen molar-refractivity contribution in [3.05, 3.63) is 29.3 Å². The zero-order valence-corrected chi connectivity index (χ0v) is 11.9. The second-order valence-electron chi connectivity index (χ2n) is 5.25. The molecule has 0 aliphatic heterocycles. The first-order valence-electron chi connectivity index (χ1n) is 6.44. The molecule has 112 valence electrons. The molecule has 0 amide bonds. The zero-order valence-electron chi connectivity index (χ0n) is 11.1. The predicted molar refractivity (Wildman–Crippen MR) is 69.4 cm³/mol. The molecule has 2 rings (SSSR count). The van der Waals surface area contributed by atoms with Crippen LogP contribution in [-0.4, -0.2) is 19.6 Å². The van der Waals surface area contributed by atoms with Gasteiger partial charge in [0.1, 0.15) is 4.90 Å². The van der Waals surface area contributed by atoms with E-state index < -0.39 is 33.2 Å². The molecule has 0 heterocycles. The topological polar surface area (TPSA) is 66.4 Å². The summed E-state index contributed by atoms with van der Waals surface area (Å²) in [6, 6.07) is 1.39. The molecule has 0 aromatic heterocycles. The van der Waals surface area contributed by atoms with E-state index in [1.165, 1.54) is 0 Å². The van der Waals surface area contributed by atoms with Crippen LogP contribution in [0.4, 0.5) is 8.78 Å². The summed E-state index contributed by atoms with van der Waals surface area (Å²) in [4.78, 5) is -0.760. The van der Waals surface area contributed by atoms with E-state index in [4.69, 9.17) is 5.11 Å². The van der Waals surface area contributed by atoms with Crippen LogP contribution in [0.15, 0.2) is 17.0 Å². The van der Waals surface area contributed by atoms with Crippen LogP contribution in [0, 0.1) is 17.6 Å². The summed E-state index contributed by atoms with van der Waals surface area (Å²) in [5.74, 6) is -2.20. The summed E-state index contributed by atoms with van der Waals surface area (Å²) < 4.78 is 53.5. The van der Waals surface area contributed by atoms with Gasteiger partial charge in [0.05, 0.1) is 6.61 Å². The number of sulfonamides is 1. The average Bonchev–Trinajstić information content (AvgIpc) is 3.15. The largest absolute Gasteiger partial charge is 0.392 e. The van der Waals surface area contributed by atoms with Gasteiger partial charge in [-0.2, -0.15) is 0 Å². The third-order valence-electron chi connectivity index (χ3n) is 3.27. The highest BCUT2D eigenvalue weighted by molar-refractivity contribution is 7.89. The maximum atomic E-state index is 13.7. The molecule has 4 nitrogen and oxygen atoms in total. The molecule has 0 spiro atoms. The fraction of sp³-hybridized carbons (Fsp3) is 0.538. The van der Waals surface area contributed by atoms with Crippen molar-refractivity contribution in [1.29, 1.82) is 0 Å². The van der Waals surface area contributed by atoms with E-state index >= 15 is 0 Å². The van der Waals surface area contributed by atoms with Crippen molar-refractivity contribution in [2.75, 3.05) is 0 Å². The van der Waals surface area contributed by atoms with Crippen molar-refractivity contribution in [1.82, 2.24) is 4.72 Å². The van der Waals surface area contributed by atoms with E-state index in [0.717, 1.165) is 25.0 Å². The first kappa shape index (κ1) is 15.3. The van der Waals surface area contributed by atoms with Gasteiger partial charge in [0.25, 0.3) is 0 Å². The quantitative estimate of drug-likeness (QED) is 0.844. The zero-order chi connectivity index (χ0) is 14.9. The molecule has 1 aromatic carbocycles. The molecule has 1 fully saturated rings. The summed E-state index contributed by atoms with van der Waals surface area (Å²) >= 11 is 0. The molecule has 1 unspecified atom stereocenters. The maximum Gasteiger partial charge on any atom is 0.243 e. The lowest BCUT2D eigenvalue weighted by Gasteiger charge is -2.15. The number of benzene rings is 1. The van der Waals surface area contributed by atoms with Crippen molar-refractivity contribution in [3.8, 4) is 0 Å². The molecular weight excluding hydrogens is 288 g/mol. The van der Waals surface area contributed by atoms with Gasteiger partial charge in [-0.3, -0.25) is 0 Å². The van der Waals surface area contributed by atoms with Crippen molar-refractivity contribution < 1.29 is 22.3 Å². The fourth-order valence-electron chi connectivity index (χ4n) is 2.13. The van der Waals surface area contributed by atoms with Crippen molar-refractivity contribution in [2.45, 2.75) is 43.7 Å². The van der Waals surface area contributed by atoms with Gasteiger partial charge in [0.15, 0.2) is 11.6 Å². The van der Waals surface area contributed by atoms with Gasteiger partial charge in [-0.1, -0.05) is 12.8 Å². The Hall–Kier alpha value is -1.05. The monoisotopic (exact) mass is 305 g/mol. The molecule has 0 bridgehead atoms. The number of aliphatic hydroxyl groups excluding tert-OH is 1. The van der Waals surface area contributed by atoms with E-state index in [2.05, 4.69) is 4.72 Å². The second-order valence-corrected chi connectivity index (χ2v) is 6.93. The van der Waals surface area contributed by atoms with Gasteiger partial charge >= 0.3 is 0 Å². The summed E-state index contributed by atoms with van der Waals surface area (Å²) in [5, 5.41) is 8.95. The molecule has 1 aliphatic rings. The standard InChI is InChI=1S/C13H17F2NO3S/c1-8(4-9-2-3-9)16-20(18,19)12-6-10(7-17)5-11(14)13(12)15/h5-6,8-9,16-17H,2-4,7H2,1H3. The molecule has 7 heteroatoms. The number of aliphatic hydroxyl groups is 1. The Morgan fingerprint density at radius 1 is 1.40 bits per heavy atom. The summed E-state index contributed by atoms with van der Waals surface area (Å²) in [6.45, 7) is 1.14. The van der Waals surface area contributed by atoms with E-state index in [1.807, 2.05) is 0 Å². The third-order valence-corrected chi connectivity index (χ3v) is 4.86. The van der Waals surface area contributed by atoms with Crippen LogP contribution in [0.5, 0.6) is 0 Å². The summed E-state index contributed by atoms with van der Waals surface area (Å²) in [7, 11) is -4.14. The van der Waals surface area contributed by atoms with Crippen LogP contribution >= 0.6 is 0 Å². The number of nitrogens with one attached hydrogen (secondary N) is 1. The first-order valence-corrected chi connectivity index (χ1v) is 7.93. The Labute approximate surface area is 116 Å². The van der Waals surface area contributed by atoms with Gasteiger partial charge in [0.2, 0.25) is 10.0 Å². The number of rotatable bonds is 6. The Bertz CT molecular complexity index is 600. The Morgan fingerprint density at radius 3 is 2.60 bits per heavy atom. The minimum Gasteiger partial charge on any atom is -0.392 e. The third kappa shape index (κ3) is 3.53. The van der Waals surface area contributed by atoms with Gasteiger partial charge in [-0.25, -0.2) is 21.9 Å². The maximum absolute atomic E-state index is 13.7. The van der Waals surface area contributed by atoms with Crippen molar-refractivity contribution in [2.24, 2.45) is 5.92 Å². The smallest absolute Gasteiger partial charge is 0.243 e. The minimum absolute atomic E-state index is 0.0131. The van der Waals surface area contributed by atoms with Crippen LogP contribution in [0.1, 0.15) is 31.7 Å². The lowest BCUT2D eigenvalue weighted by atomic mass is 10.2. The molecule has 20 heavy (non-hydrogen) atoms. The highest BCUT2D eigenvalue weighted by atomic mass is 32.2. The summed E-state index contributed by atoms with van der Waals surface area (Å²) in [5.41, 5.74) is 0.0131. The van der Waals surface area contributed by atoms with Crippen molar-refractivity contribution >= 4 is 10.0 Å². The van der Waals surface area contributed by atoms with Crippen LogP contribution in [-0.2, 0) is 16.6 Å². The summed E-state index contributed by atoms with van der Waals surface area (Å²) in [6.07, 6.45) is 2.84. The lowest BCUT2D eigenvalue weighted by Crippen LogP contribution is -2.33. The molecule has 0 saturated heterocycles. The van der Waals surface area contributed by atoms with Crippen molar-refractivity contribution in [3.63, 3.8) is 0 Å². The highest BCUT2D eigenvalue weighted by Gasteiger charge is 2.28. The Balaban J connectivity index is 2.25. The molecule has 2 N–H and O–H groups in total. The van der Waals surface area contributed by atoms with E-state index in [1.54, 1.807) is 6.92 Å². The van der Waals surface area contributed by atoms with Crippen LogP contribution in [0.3, 0.4) is 0 Å².